The van der Waals surface area contributed by atoms with Crippen LogP contribution in [0.3, 0.4) is 0 Å². The molecule has 17 nitrogen and oxygen atoms in total. The number of benzene rings is 2. The van der Waals surface area contributed by atoms with Gasteiger partial charge in [-0.25, -0.2) is 9.59 Å². The summed E-state index contributed by atoms with van der Waals surface area (Å²) < 4.78 is 51.8. The monoisotopic (exact) mass is 997 g/mol. The number of likely N-dealkylation sites (N-methyl/N-ethyl adjacent to an activating group) is 1. The van der Waals surface area contributed by atoms with Crippen LogP contribution in [0.15, 0.2) is 78.5 Å². The number of esters is 3. The molecule has 18 atom stereocenters. The van der Waals surface area contributed by atoms with E-state index in [0.717, 1.165) is 0 Å². The highest BCUT2D eigenvalue weighted by atomic mass is 16.7. The highest BCUT2D eigenvalue weighted by molar-refractivity contribution is 5.90. The molecular weight excluding hydrogens is 917 g/mol. The summed E-state index contributed by atoms with van der Waals surface area (Å²) in [4.78, 5) is 49.6. The van der Waals surface area contributed by atoms with E-state index in [0.29, 0.717) is 23.3 Å². The van der Waals surface area contributed by atoms with Crippen LogP contribution in [0.25, 0.3) is 0 Å². The Morgan fingerprint density at radius 1 is 0.845 bits per heavy atom. The van der Waals surface area contributed by atoms with Gasteiger partial charge in [-0.2, -0.15) is 0 Å². The average Bonchev–Trinajstić information content (AvgIpc) is 3.33. The second kappa shape index (κ2) is 24.6. The summed E-state index contributed by atoms with van der Waals surface area (Å²) in [5.41, 5.74) is -4.03. The molecule has 396 valence electrons. The topological polar surface area (TPSA) is 211 Å². The zero-order valence-corrected chi connectivity index (χ0v) is 43.9. The number of ether oxygens (including phenoxy) is 8. The first-order valence-electron chi connectivity index (χ1n) is 24.9. The number of aliphatic hydroxyl groups excluding tert-OH is 1. The second-order valence-corrected chi connectivity index (χ2v) is 20.7. The summed E-state index contributed by atoms with van der Waals surface area (Å²) in [6.45, 7) is 20.8. The Kier molecular flexibility index (Phi) is 20.0. The highest BCUT2D eigenvalue weighted by Crippen LogP contribution is 2.42. The molecule has 71 heavy (non-hydrogen) atoms. The molecule has 3 saturated heterocycles. The third-order valence-corrected chi connectivity index (χ3v) is 14.6. The van der Waals surface area contributed by atoms with Gasteiger partial charge in [-0.3, -0.25) is 4.79 Å². The first-order chi connectivity index (χ1) is 33.4. The molecule has 3 fully saturated rings. The van der Waals surface area contributed by atoms with Gasteiger partial charge in [0, 0.05) is 31.3 Å². The van der Waals surface area contributed by atoms with Crippen LogP contribution < -0.4 is 0 Å². The second-order valence-electron chi connectivity index (χ2n) is 20.7. The Balaban J connectivity index is 1.64. The fourth-order valence-electron chi connectivity index (χ4n) is 10.6. The molecule has 0 aliphatic carbocycles. The van der Waals surface area contributed by atoms with Gasteiger partial charge in [-0.05, 0) is 99.2 Å². The van der Waals surface area contributed by atoms with Crippen molar-refractivity contribution < 1.29 is 72.4 Å². The first kappa shape index (κ1) is 57.6. The van der Waals surface area contributed by atoms with Gasteiger partial charge in [0.15, 0.2) is 24.8 Å². The lowest BCUT2D eigenvalue weighted by molar-refractivity contribution is -0.317. The minimum absolute atomic E-state index is 0.0245. The van der Waals surface area contributed by atoms with Crippen LogP contribution in [0.4, 0.5) is 0 Å². The molecule has 0 bridgehead atoms. The molecule has 17 heteroatoms. The lowest BCUT2D eigenvalue weighted by Crippen LogP contribution is -2.62. The number of carbonyl (C=O) groups is 3. The minimum atomic E-state index is -2.00. The standard InChI is InChI=1S/C54H80N2O15/c1-15-27-64-55-42-31(3)29-52(9,61)46(71-51-44(39(56(12)13)28-32(4)65-51)69-49(59)37-23-19-17-20-24-37)34(6)43(35(7)48(58)67-40(16-2)54(11,62)45(57)33(42)5)68-41-30-53(10,63-14)47(36(8)66-41)70-50(60)38-25-21-18-22-26-38/h15,17-26,31-36,39-41,43-47,51,57,61-62H,1,16,27-30H2,2-14H3/b55-42+/t31-,32-,33+,34+,35-,36+,39+,40-,41+,43+,44-,45-,46-,47+,51+,52-,53-,54-/m1/s1. The van der Waals surface area contributed by atoms with Gasteiger partial charge in [0.05, 0.1) is 64.9 Å². The number of methoxy groups -OCH3 is 1. The third-order valence-electron chi connectivity index (χ3n) is 14.6. The van der Waals surface area contributed by atoms with Crippen LogP contribution in [0.5, 0.6) is 0 Å². The maximum Gasteiger partial charge on any atom is 0.338 e. The summed E-state index contributed by atoms with van der Waals surface area (Å²) in [5, 5.41) is 41.8. The smallest absolute Gasteiger partial charge is 0.338 e. The number of aliphatic hydroxyl groups is 3. The molecule has 2 aromatic rings. The zero-order chi connectivity index (χ0) is 52.6. The number of rotatable bonds is 14. The molecule has 3 heterocycles. The van der Waals surface area contributed by atoms with Crippen molar-refractivity contribution in [2.24, 2.45) is 28.8 Å². The van der Waals surface area contributed by atoms with E-state index in [9.17, 15) is 29.7 Å². The maximum absolute atomic E-state index is 14.7. The largest absolute Gasteiger partial charge is 0.459 e. The Hall–Kier alpha value is -4.30. The van der Waals surface area contributed by atoms with E-state index in [-0.39, 0.29) is 25.9 Å². The fourth-order valence-corrected chi connectivity index (χ4v) is 10.6. The fraction of sp³-hybridized carbons (Fsp3) is 0.667. The molecule has 0 spiro atoms. The molecule has 0 radical (unpaired) electrons. The van der Waals surface area contributed by atoms with E-state index < -0.39 is 126 Å². The highest BCUT2D eigenvalue weighted by Gasteiger charge is 2.55. The van der Waals surface area contributed by atoms with Crippen LogP contribution in [0.2, 0.25) is 0 Å². The van der Waals surface area contributed by atoms with E-state index in [1.54, 1.807) is 109 Å². The normalized spacial score (nSPS) is 39.2. The Morgan fingerprint density at radius 3 is 1.99 bits per heavy atom. The van der Waals surface area contributed by atoms with Gasteiger partial charge in [0.25, 0.3) is 0 Å². The summed E-state index contributed by atoms with van der Waals surface area (Å²) in [5.74, 6) is -5.56. The van der Waals surface area contributed by atoms with E-state index in [1.165, 1.54) is 20.1 Å². The number of hydrogen-bond acceptors (Lipinski definition) is 17. The Labute approximate surface area is 420 Å². The van der Waals surface area contributed by atoms with Crippen molar-refractivity contribution in [3.8, 4) is 0 Å². The van der Waals surface area contributed by atoms with E-state index in [2.05, 4.69) is 11.7 Å². The van der Waals surface area contributed by atoms with E-state index in [4.69, 9.17) is 42.7 Å². The van der Waals surface area contributed by atoms with Crippen molar-refractivity contribution >= 4 is 23.6 Å². The van der Waals surface area contributed by atoms with Crippen molar-refractivity contribution in [3.63, 3.8) is 0 Å². The third kappa shape index (κ3) is 13.7. The summed E-state index contributed by atoms with van der Waals surface area (Å²) >= 11 is 0. The Morgan fingerprint density at radius 2 is 1.44 bits per heavy atom. The van der Waals surface area contributed by atoms with Gasteiger partial charge >= 0.3 is 17.9 Å². The minimum Gasteiger partial charge on any atom is -0.459 e. The SMILES string of the molecule is C=CCO/N=C1\[C@H](C)C[C@@](C)(O)[C@H](O[C@@H]2O[C@H](C)C[C@H](N(C)C)[C@H]2OC(=O)c2ccccc2)[C@@H](C)[C@H](O[C@H]2C[C@@](C)(OC)[C@@H](OC(=O)c3ccccc3)[C@H](C)O2)[C@@H](C)C(=O)O[C@H](CC)[C@@](C)(O)[C@H](O)[C@H]1C. The van der Waals surface area contributed by atoms with E-state index >= 15 is 0 Å². The predicted octanol–water partition coefficient (Wildman–Crippen LogP) is 6.50. The summed E-state index contributed by atoms with van der Waals surface area (Å²) in [6, 6.07) is 16.8. The van der Waals surface area contributed by atoms with E-state index in [1.807, 2.05) is 32.8 Å². The summed E-state index contributed by atoms with van der Waals surface area (Å²) in [7, 11) is 5.25. The molecule has 0 saturated carbocycles. The molecule has 3 aliphatic rings. The van der Waals surface area contributed by atoms with Crippen molar-refractivity contribution in [1.82, 2.24) is 4.90 Å². The molecule has 5 rings (SSSR count). The van der Waals surface area contributed by atoms with Gasteiger partial charge in [-0.15, -0.1) is 0 Å². The molecule has 2 aromatic carbocycles. The van der Waals surface area contributed by atoms with Crippen LogP contribution in [-0.2, 0) is 47.5 Å². The molecule has 0 unspecified atom stereocenters. The van der Waals surface area contributed by atoms with Crippen molar-refractivity contribution in [2.75, 3.05) is 27.8 Å². The van der Waals surface area contributed by atoms with Crippen molar-refractivity contribution in [1.29, 1.82) is 0 Å². The number of oxime groups is 1. The zero-order valence-electron chi connectivity index (χ0n) is 43.9. The molecule has 3 aliphatic heterocycles. The van der Waals surface area contributed by atoms with Gasteiger partial charge < -0.3 is 63.0 Å². The van der Waals surface area contributed by atoms with Crippen LogP contribution >= 0.6 is 0 Å². The predicted molar refractivity (Wildman–Crippen MR) is 264 cm³/mol. The average molecular weight is 997 g/mol. The van der Waals surface area contributed by atoms with Crippen molar-refractivity contribution in [3.05, 3.63) is 84.4 Å². The van der Waals surface area contributed by atoms with Crippen LogP contribution in [-0.4, -0.2) is 156 Å². The van der Waals surface area contributed by atoms with Crippen LogP contribution in [0, 0.1) is 23.7 Å². The first-order valence-corrected chi connectivity index (χ1v) is 24.9. The van der Waals surface area contributed by atoms with Gasteiger partial charge in [0.2, 0.25) is 0 Å². The summed E-state index contributed by atoms with van der Waals surface area (Å²) in [6.07, 6.45) is -8.59. The Bertz CT molecular complexity index is 2090. The number of cyclic esters (lactones) is 1. The number of hydrogen-bond donors (Lipinski definition) is 3. The molecular formula is C54H80N2O15. The lowest BCUT2D eigenvalue weighted by atomic mass is 9.73. The number of nitrogens with zero attached hydrogens (tertiary/aromatic N) is 2. The van der Waals surface area contributed by atoms with Gasteiger partial charge in [0.1, 0.15) is 23.9 Å². The quantitative estimate of drug-likeness (QED) is 0.0606. The molecule has 3 N–H and O–H groups in total. The van der Waals surface area contributed by atoms with Gasteiger partial charge in [-0.1, -0.05) is 81.9 Å². The number of carbonyl (C=O) groups excluding carboxylic acids is 3. The lowest BCUT2D eigenvalue weighted by Gasteiger charge is -2.49. The maximum atomic E-state index is 14.7. The van der Waals surface area contributed by atoms with Crippen molar-refractivity contribution in [2.45, 2.75) is 179 Å². The van der Waals surface area contributed by atoms with Crippen LogP contribution in [0.1, 0.15) is 116 Å². The molecule has 0 amide bonds. The molecule has 0 aromatic heterocycles.